The molecule has 0 amide bonds. The molecule has 5 aromatic carbocycles. The zero-order valence-electron chi connectivity index (χ0n) is 19.9. The van der Waals surface area contributed by atoms with Crippen LogP contribution in [0.15, 0.2) is 122 Å². The minimum atomic E-state index is -0.495. The molecule has 0 N–H and O–H groups in total. The zero-order chi connectivity index (χ0) is 24.6. The first-order valence-electron chi connectivity index (χ1n) is 12.5. The van der Waals surface area contributed by atoms with E-state index in [-0.39, 0.29) is 0 Å². The van der Waals surface area contributed by atoms with Crippen molar-refractivity contribution in [1.29, 1.82) is 5.26 Å². The Kier molecular flexibility index (Phi) is 3.97. The molecule has 1 atom stereocenters. The fourth-order valence-corrected chi connectivity index (χ4v) is 6.92. The number of nitriles is 1. The molecule has 0 saturated carbocycles. The Hall–Kier alpha value is -5.00. The van der Waals surface area contributed by atoms with Gasteiger partial charge in [-0.3, -0.25) is 4.98 Å². The molecular weight excluding hydrogens is 448 g/mol. The summed E-state index contributed by atoms with van der Waals surface area (Å²) in [5.41, 5.74) is 12.3. The molecule has 170 valence electrons. The maximum absolute atomic E-state index is 10.0. The molecular formula is C35H20N2. The van der Waals surface area contributed by atoms with Gasteiger partial charge in [0.2, 0.25) is 0 Å². The summed E-state index contributed by atoms with van der Waals surface area (Å²) in [5, 5.41) is 12.5. The Labute approximate surface area is 215 Å². The third kappa shape index (κ3) is 2.41. The lowest BCUT2D eigenvalue weighted by Gasteiger charge is -2.33. The standard InChI is InChI=1S/C35H20N2/c36-20-23-21-37-19-18-24(23)28-12-7-13-29-26-10-3-5-14-31(26)35(34(28)29)32-15-6-4-11-27(32)30-17-16-22-8-1-2-9-25(22)33(30)35/h1-19,21H. The number of fused-ring (bicyclic) bond motifs is 12. The summed E-state index contributed by atoms with van der Waals surface area (Å²) in [7, 11) is 0. The van der Waals surface area contributed by atoms with E-state index >= 15 is 0 Å². The number of hydrogen-bond donors (Lipinski definition) is 0. The molecule has 0 saturated heterocycles. The van der Waals surface area contributed by atoms with Crippen LogP contribution in [0.5, 0.6) is 0 Å². The van der Waals surface area contributed by atoms with Gasteiger partial charge in [0.15, 0.2) is 0 Å². The van der Waals surface area contributed by atoms with Crippen LogP contribution in [0.1, 0.15) is 27.8 Å². The van der Waals surface area contributed by atoms with Crippen LogP contribution in [0.3, 0.4) is 0 Å². The summed E-state index contributed by atoms with van der Waals surface area (Å²) in [6.45, 7) is 0. The van der Waals surface area contributed by atoms with Crippen LogP contribution in [0.25, 0.3) is 44.2 Å². The van der Waals surface area contributed by atoms with Crippen molar-refractivity contribution in [3.8, 4) is 39.4 Å². The van der Waals surface area contributed by atoms with Gasteiger partial charge in [-0.1, -0.05) is 103 Å². The summed E-state index contributed by atoms with van der Waals surface area (Å²) < 4.78 is 0. The molecule has 1 spiro atoms. The Morgan fingerprint density at radius 3 is 1.92 bits per heavy atom. The van der Waals surface area contributed by atoms with Crippen molar-refractivity contribution in [1.82, 2.24) is 4.98 Å². The van der Waals surface area contributed by atoms with Crippen molar-refractivity contribution in [2.75, 3.05) is 0 Å². The quantitative estimate of drug-likeness (QED) is 0.244. The molecule has 0 bridgehead atoms. The summed E-state index contributed by atoms with van der Waals surface area (Å²) in [4.78, 5) is 4.25. The highest BCUT2D eigenvalue weighted by Gasteiger charge is 2.53. The average Bonchev–Trinajstić information content (AvgIpc) is 3.44. The van der Waals surface area contributed by atoms with Gasteiger partial charge in [0.05, 0.1) is 11.0 Å². The summed E-state index contributed by atoms with van der Waals surface area (Å²) in [6.07, 6.45) is 3.46. The fraction of sp³-hybridized carbons (Fsp3) is 0.0286. The van der Waals surface area contributed by atoms with Gasteiger partial charge in [0, 0.05) is 18.0 Å². The molecule has 1 unspecified atom stereocenters. The molecule has 0 radical (unpaired) electrons. The van der Waals surface area contributed by atoms with Crippen LogP contribution in [-0.4, -0.2) is 4.98 Å². The highest BCUT2D eigenvalue weighted by molar-refractivity contribution is 6.05. The molecule has 6 aromatic rings. The minimum Gasteiger partial charge on any atom is -0.263 e. The molecule has 2 nitrogen and oxygen atoms in total. The van der Waals surface area contributed by atoms with Gasteiger partial charge in [-0.15, -0.1) is 0 Å². The first-order valence-corrected chi connectivity index (χ1v) is 12.5. The molecule has 2 aliphatic rings. The second-order valence-electron chi connectivity index (χ2n) is 9.81. The fourth-order valence-electron chi connectivity index (χ4n) is 6.92. The maximum Gasteiger partial charge on any atom is 0.101 e. The summed E-state index contributed by atoms with van der Waals surface area (Å²) in [5.74, 6) is 0. The van der Waals surface area contributed by atoms with E-state index in [1.165, 1.54) is 55.3 Å². The van der Waals surface area contributed by atoms with E-state index < -0.39 is 5.41 Å². The van der Waals surface area contributed by atoms with Crippen molar-refractivity contribution >= 4 is 10.8 Å². The van der Waals surface area contributed by atoms with Crippen LogP contribution in [0.4, 0.5) is 0 Å². The van der Waals surface area contributed by atoms with E-state index in [1.54, 1.807) is 12.4 Å². The number of rotatable bonds is 1. The topological polar surface area (TPSA) is 36.7 Å². The van der Waals surface area contributed by atoms with Crippen LogP contribution >= 0.6 is 0 Å². The molecule has 37 heavy (non-hydrogen) atoms. The smallest absolute Gasteiger partial charge is 0.101 e. The third-order valence-electron chi connectivity index (χ3n) is 8.22. The SMILES string of the molecule is N#Cc1cnccc1-c1cccc2c1C1(c3ccccc3-2)c2ccccc2-c2ccc3ccccc3c21. The lowest BCUT2D eigenvalue weighted by Crippen LogP contribution is -2.27. The predicted octanol–water partition coefficient (Wildman–Crippen LogP) is 8.12. The molecule has 2 heteroatoms. The second-order valence-corrected chi connectivity index (χ2v) is 9.81. The van der Waals surface area contributed by atoms with E-state index in [0.717, 1.165) is 11.1 Å². The lowest BCUT2D eigenvalue weighted by molar-refractivity contribution is 0.803. The van der Waals surface area contributed by atoms with Crippen LogP contribution in [0, 0.1) is 11.3 Å². The Morgan fingerprint density at radius 1 is 0.541 bits per heavy atom. The first kappa shape index (κ1) is 20.2. The van der Waals surface area contributed by atoms with Gasteiger partial charge in [0.1, 0.15) is 6.07 Å². The van der Waals surface area contributed by atoms with E-state index in [1.807, 2.05) is 6.07 Å². The average molecular weight is 469 g/mol. The minimum absolute atomic E-state index is 0.495. The number of hydrogen-bond acceptors (Lipinski definition) is 2. The van der Waals surface area contributed by atoms with Gasteiger partial charge in [-0.2, -0.15) is 5.26 Å². The van der Waals surface area contributed by atoms with E-state index in [0.29, 0.717) is 5.56 Å². The van der Waals surface area contributed by atoms with Gasteiger partial charge in [-0.25, -0.2) is 0 Å². The van der Waals surface area contributed by atoms with Gasteiger partial charge in [0.25, 0.3) is 0 Å². The summed E-state index contributed by atoms with van der Waals surface area (Å²) in [6, 6.07) is 41.9. The Balaban J connectivity index is 1.64. The third-order valence-corrected chi connectivity index (χ3v) is 8.22. The lowest BCUT2D eigenvalue weighted by atomic mass is 9.67. The molecule has 8 rings (SSSR count). The summed E-state index contributed by atoms with van der Waals surface area (Å²) >= 11 is 0. The molecule has 2 aliphatic carbocycles. The van der Waals surface area contributed by atoms with Crippen molar-refractivity contribution in [3.05, 3.63) is 149 Å². The number of nitrogens with zero attached hydrogens (tertiary/aromatic N) is 2. The Bertz CT molecular complexity index is 1950. The molecule has 1 aromatic heterocycles. The highest BCUT2D eigenvalue weighted by Crippen LogP contribution is 2.65. The van der Waals surface area contributed by atoms with Crippen LogP contribution in [-0.2, 0) is 5.41 Å². The molecule has 0 fully saturated rings. The van der Waals surface area contributed by atoms with Gasteiger partial charge >= 0.3 is 0 Å². The van der Waals surface area contributed by atoms with Crippen molar-refractivity contribution in [3.63, 3.8) is 0 Å². The van der Waals surface area contributed by atoms with Gasteiger partial charge in [-0.05, 0) is 66.9 Å². The molecule has 1 heterocycles. The number of pyridine rings is 1. The number of aromatic nitrogens is 1. The predicted molar refractivity (Wildman–Crippen MR) is 148 cm³/mol. The van der Waals surface area contributed by atoms with Gasteiger partial charge < -0.3 is 0 Å². The van der Waals surface area contributed by atoms with Crippen molar-refractivity contribution in [2.24, 2.45) is 0 Å². The second kappa shape index (κ2) is 7.26. The highest BCUT2D eigenvalue weighted by atomic mass is 14.6. The van der Waals surface area contributed by atoms with Crippen molar-refractivity contribution < 1.29 is 0 Å². The van der Waals surface area contributed by atoms with Crippen LogP contribution < -0.4 is 0 Å². The van der Waals surface area contributed by atoms with E-state index in [2.05, 4.69) is 114 Å². The first-order chi connectivity index (χ1) is 18.3. The number of benzene rings is 5. The van der Waals surface area contributed by atoms with E-state index in [9.17, 15) is 5.26 Å². The van der Waals surface area contributed by atoms with Crippen LogP contribution in [0.2, 0.25) is 0 Å². The monoisotopic (exact) mass is 468 g/mol. The van der Waals surface area contributed by atoms with E-state index in [4.69, 9.17) is 0 Å². The largest absolute Gasteiger partial charge is 0.263 e. The molecule has 0 aliphatic heterocycles. The zero-order valence-corrected chi connectivity index (χ0v) is 19.9. The normalized spacial score (nSPS) is 16.2. The maximum atomic E-state index is 10.0. The Morgan fingerprint density at radius 2 is 1.16 bits per heavy atom. The van der Waals surface area contributed by atoms with Crippen molar-refractivity contribution in [2.45, 2.75) is 5.41 Å².